The van der Waals surface area contributed by atoms with Crippen LogP contribution >= 0.6 is 0 Å². The van der Waals surface area contributed by atoms with Crippen molar-refractivity contribution in [2.75, 3.05) is 0 Å². The molecule has 2 rings (SSSR count). The van der Waals surface area contributed by atoms with Crippen LogP contribution in [0.15, 0.2) is 12.3 Å². The Labute approximate surface area is 119 Å². The Morgan fingerprint density at radius 3 is 2.65 bits per heavy atom. The van der Waals surface area contributed by atoms with E-state index in [4.69, 9.17) is 0 Å². The molecule has 5 nitrogen and oxygen atoms in total. The molecule has 0 aromatic carbocycles. The van der Waals surface area contributed by atoms with Gasteiger partial charge in [-0.05, 0) is 24.8 Å². The molecule has 2 amide bonds. The SMILES string of the molecule is Cc1[nH]ccc1C(=O)N[C@@H]1CCC(=O)N[C@H]1C(C)(C)C. The highest BCUT2D eigenvalue weighted by Crippen LogP contribution is 2.27. The van der Waals surface area contributed by atoms with Crippen molar-refractivity contribution < 1.29 is 9.59 Å². The second kappa shape index (κ2) is 5.31. The van der Waals surface area contributed by atoms with Crippen LogP contribution in [0, 0.1) is 12.3 Å². The van der Waals surface area contributed by atoms with Crippen LogP contribution in [-0.2, 0) is 4.79 Å². The molecular weight excluding hydrogens is 254 g/mol. The van der Waals surface area contributed by atoms with Gasteiger partial charge in [-0.2, -0.15) is 0 Å². The van der Waals surface area contributed by atoms with Crippen LogP contribution in [0.1, 0.15) is 49.7 Å². The first kappa shape index (κ1) is 14.6. The van der Waals surface area contributed by atoms with Gasteiger partial charge < -0.3 is 15.6 Å². The van der Waals surface area contributed by atoms with Crippen LogP contribution in [0.2, 0.25) is 0 Å². The predicted octanol–water partition coefficient (Wildman–Crippen LogP) is 1.75. The molecule has 1 aliphatic rings. The number of aromatic nitrogens is 1. The molecule has 1 saturated heterocycles. The third-order valence-corrected chi connectivity index (χ3v) is 3.85. The summed E-state index contributed by atoms with van der Waals surface area (Å²) in [6, 6.07) is 1.69. The zero-order chi connectivity index (χ0) is 14.9. The number of piperidine rings is 1. The Morgan fingerprint density at radius 2 is 2.10 bits per heavy atom. The minimum absolute atomic E-state index is 0.0329. The van der Waals surface area contributed by atoms with Crippen molar-refractivity contribution in [3.63, 3.8) is 0 Å². The largest absolute Gasteiger partial charge is 0.365 e. The Morgan fingerprint density at radius 1 is 1.40 bits per heavy atom. The summed E-state index contributed by atoms with van der Waals surface area (Å²) in [6.07, 6.45) is 2.90. The number of aryl methyl sites for hydroxylation is 1. The fourth-order valence-corrected chi connectivity index (χ4v) is 2.72. The molecule has 2 heterocycles. The number of aromatic amines is 1. The maximum atomic E-state index is 12.3. The lowest BCUT2D eigenvalue weighted by atomic mass is 9.78. The van der Waals surface area contributed by atoms with Crippen LogP contribution in [0.4, 0.5) is 0 Å². The van der Waals surface area contributed by atoms with E-state index in [2.05, 4.69) is 36.4 Å². The van der Waals surface area contributed by atoms with Crippen molar-refractivity contribution >= 4 is 11.8 Å². The van der Waals surface area contributed by atoms with Crippen molar-refractivity contribution in [2.45, 2.75) is 52.6 Å². The number of hydrogen-bond acceptors (Lipinski definition) is 2. The molecule has 0 saturated carbocycles. The van der Waals surface area contributed by atoms with Gasteiger partial charge in [0.1, 0.15) is 0 Å². The molecule has 20 heavy (non-hydrogen) atoms. The summed E-state index contributed by atoms with van der Waals surface area (Å²) in [5.41, 5.74) is 1.42. The van der Waals surface area contributed by atoms with E-state index in [1.165, 1.54) is 0 Å². The third-order valence-electron chi connectivity index (χ3n) is 3.85. The summed E-state index contributed by atoms with van der Waals surface area (Å²) in [4.78, 5) is 26.9. The molecule has 0 radical (unpaired) electrons. The number of amides is 2. The van der Waals surface area contributed by atoms with Crippen LogP contribution in [0.3, 0.4) is 0 Å². The quantitative estimate of drug-likeness (QED) is 0.770. The van der Waals surface area contributed by atoms with Gasteiger partial charge in [0, 0.05) is 18.3 Å². The smallest absolute Gasteiger partial charge is 0.253 e. The first-order valence-electron chi connectivity index (χ1n) is 7.03. The fourth-order valence-electron chi connectivity index (χ4n) is 2.72. The van der Waals surface area contributed by atoms with E-state index in [0.717, 1.165) is 5.69 Å². The Kier molecular flexibility index (Phi) is 3.88. The monoisotopic (exact) mass is 277 g/mol. The highest BCUT2D eigenvalue weighted by molar-refractivity contribution is 5.95. The zero-order valence-corrected chi connectivity index (χ0v) is 12.5. The lowest BCUT2D eigenvalue weighted by Gasteiger charge is -2.41. The summed E-state index contributed by atoms with van der Waals surface area (Å²) in [5.74, 6) is -0.0209. The normalized spacial score (nSPS) is 23.3. The van der Waals surface area contributed by atoms with E-state index in [0.29, 0.717) is 18.4 Å². The van der Waals surface area contributed by atoms with Crippen LogP contribution < -0.4 is 10.6 Å². The van der Waals surface area contributed by atoms with Gasteiger partial charge in [-0.1, -0.05) is 20.8 Å². The summed E-state index contributed by atoms with van der Waals surface area (Å²) >= 11 is 0. The minimum Gasteiger partial charge on any atom is -0.365 e. The second-order valence-corrected chi connectivity index (χ2v) is 6.55. The predicted molar refractivity (Wildman–Crippen MR) is 77.4 cm³/mol. The van der Waals surface area contributed by atoms with Gasteiger partial charge in [-0.25, -0.2) is 0 Å². The number of hydrogen-bond donors (Lipinski definition) is 3. The van der Waals surface area contributed by atoms with Crippen LogP contribution in [0.5, 0.6) is 0 Å². The van der Waals surface area contributed by atoms with Gasteiger partial charge in [0.15, 0.2) is 0 Å². The first-order chi connectivity index (χ1) is 9.29. The maximum Gasteiger partial charge on any atom is 0.253 e. The average Bonchev–Trinajstić information content (AvgIpc) is 2.76. The molecular formula is C15H23N3O2. The number of carbonyl (C=O) groups excluding carboxylic acids is 2. The molecule has 110 valence electrons. The van der Waals surface area contributed by atoms with Crippen molar-refractivity contribution in [3.05, 3.63) is 23.5 Å². The van der Waals surface area contributed by atoms with E-state index in [1.54, 1.807) is 12.3 Å². The molecule has 1 aromatic heterocycles. The van der Waals surface area contributed by atoms with Crippen molar-refractivity contribution in [1.82, 2.24) is 15.6 Å². The van der Waals surface area contributed by atoms with E-state index in [9.17, 15) is 9.59 Å². The number of carbonyl (C=O) groups is 2. The number of H-pyrrole nitrogens is 1. The minimum atomic E-state index is -0.0960. The van der Waals surface area contributed by atoms with Crippen LogP contribution in [0.25, 0.3) is 0 Å². The Bertz CT molecular complexity index is 513. The number of rotatable bonds is 2. The Hall–Kier alpha value is -1.78. The molecule has 0 unspecified atom stereocenters. The molecule has 2 atom stereocenters. The van der Waals surface area contributed by atoms with E-state index < -0.39 is 0 Å². The van der Waals surface area contributed by atoms with Crippen molar-refractivity contribution in [3.8, 4) is 0 Å². The second-order valence-electron chi connectivity index (χ2n) is 6.55. The standard InChI is InChI=1S/C15H23N3O2/c1-9-10(7-8-16-9)14(20)17-11-5-6-12(19)18-13(11)15(2,3)4/h7-8,11,13,16H,5-6H2,1-4H3,(H,17,20)(H,18,19)/t11-,13-/m1/s1. The van der Waals surface area contributed by atoms with Gasteiger partial charge in [-0.15, -0.1) is 0 Å². The molecule has 5 heteroatoms. The first-order valence-corrected chi connectivity index (χ1v) is 7.03. The van der Waals surface area contributed by atoms with Gasteiger partial charge in [0.25, 0.3) is 5.91 Å². The van der Waals surface area contributed by atoms with E-state index in [1.807, 2.05) is 6.92 Å². The maximum absolute atomic E-state index is 12.3. The molecule has 1 aliphatic heterocycles. The highest BCUT2D eigenvalue weighted by Gasteiger charge is 2.37. The topological polar surface area (TPSA) is 74.0 Å². The van der Waals surface area contributed by atoms with E-state index >= 15 is 0 Å². The van der Waals surface area contributed by atoms with Crippen LogP contribution in [-0.4, -0.2) is 28.9 Å². The summed E-state index contributed by atoms with van der Waals surface area (Å²) in [7, 11) is 0. The number of nitrogens with one attached hydrogen (secondary N) is 3. The summed E-state index contributed by atoms with van der Waals surface area (Å²) in [6.45, 7) is 8.09. The molecule has 1 aromatic rings. The molecule has 3 N–H and O–H groups in total. The molecule has 0 spiro atoms. The highest BCUT2D eigenvalue weighted by atomic mass is 16.2. The lowest BCUT2D eigenvalue weighted by Crippen LogP contribution is -2.60. The molecule has 0 aliphatic carbocycles. The molecule has 1 fully saturated rings. The van der Waals surface area contributed by atoms with Crippen molar-refractivity contribution in [1.29, 1.82) is 0 Å². The van der Waals surface area contributed by atoms with E-state index in [-0.39, 0.29) is 29.3 Å². The van der Waals surface area contributed by atoms with Gasteiger partial charge in [0.05, 0.1) is 17.6 Å². The van der Waals surface area contributed by atoms with Gasteiger partial charge in [0.2, 0.25) is 5.91 Å². The Balaban J connectivity index is 2.12. The third kappa shape index (κ3) is 3.03. The fraction of sp³-hybridized carbons (Fsp3) is 0.600. The van der Waals surface area contributed by atoms with Gasteiger partial charge >= 0.3 is 0 Å². The van der Waals surface area contributed by atoms with Gasteiger partial charge in [-0.3, -0.25) is 9.59 Å². The lowest BCUT2D eigenvalue weighted by molar-refractivity contribution is -0.125. The molecule has 0 bridgehead atoms. The summed E-state index contributed by atoms with van der Waals surface area (Å²) < 4.78 is 0. The average molecular weight is 277 g/mol. The zero-order valence-electron chi connectivity index (χ0n) is 12.5. The summed E-state index contributed by atoms with van der Waals surface area (Å²) in [5, 5.41) is 6.08. The van der Waals surface area contributed by atoms with Crippen molar-refractivity contribution in [2.24, 2.45) is 5.41 Å².